The van der Waals surface area contributed by atoms with Crippen molar-refractivity contribution in [2.75, 3.05) is 30.5 Å². The van der Waals surface area contributed by atoms with E-state index in [1.54, 1.807) is 6.20 Å². The van der Waals surface area contributed by atoms with Crippen LogP contribution in [0.4, 0.5) is 10.1 Å². The van der Waals surface area contributed by atoms with Gasteiger partial charge in [0, 0.05) is 31.8 Å². The van der Waals surface area contributed by atoms with E-state index < -0.39 is 25.5 Å². The fraction of sp³-hybridized carbons (Fsp3) is 0.278. The van der Waals surface area contributed by atoms with Crippen LogP contribution < -0.4 is 4.90 Å². The largest absolute Gasteiger partial charge is 0.366 e. The smallest absolute Gasteiger partial charge is 0.177 e. The Balaban J connectivity index is 1.96. The molecule has 9 heteroatoms. The number of pyridine rings is 1. The van der Waals surface area contributed by atoms with Crippen molar-refractivity contribution >= 4 is 30.9 Å². The first kappa shape index (κ1) is 19.5. The van der Waals surface area contributed by atoms with Gasteiger partial charge in [-0.25, -0.2) is 21.2 Å². The van der Waals surface area contributed by atoms with E-state index in [2.05, 4.69) is 4.98 Å². The Kier molecular flexibility index (Phi) is 5.09. The monoisotopic (exact) mass is 410 g/mol. The first-order valence-electron chi connectivity index (χ1n) is 8.15. The second kappa shape index (κ2) is 7.05. The second-order valence-electron chi connectivity index (χ2n) is 6.49. The fourth-order valence-corrected chi connectivity index (χ4v) is 4.66. The van der Waals surface area contributed by atoms with Crippen LogP contribution in [0.2, 0.25) is 0 Å². The molecule has 0 bridgehead atoms. The maximum absolute atomic E-state index is 13.4. The lowest BCUT2D eigenvalue weighted by Crippen LogP contribution is -2.29. The molecule has 0 spiro atoms. The maximum Gasteiger partial charge on any atom is 0.177 e. The van der Waals surface area contributed by atoms with Gasteiger partial charge in [0.25, 0.3) is 0 Å². The average Bonchev–Trinajstić information content (AvgIpc) is 2.60. The first-order valence-corrected chi connectivity index (χ1v) is 11.9. The van der Waals surface area contributed by atoms with Crippen molar-refractivity contribution < 1.29 is 21.2 Å². The van der Waals surface area contributed by atoms with Gasteiger partial charge in [-0.1, -0.05) is 6.08 Å². The predicted molar refractivity (Wildman–Crippen MR) is 102 cm³/mol. The van der Waals surface area contributed by atoms with Gasteiger partial charge < -0.3 is 4.90 Å². The number of halogens is 1. The molecule has 0 unspecified atom stereocenters. The lowest BCUT2D eigenvalue weighted by atomic mass is 10.0. The summed E-state index contributed by atoms with van der Waals surface area (Å²) in [5, 5.41) is 0. The van der Waals surface area contributed by atoms with Crippen molar-refractivity contribution in [1.82, 2.24) is 4.98 Å². The van der Waals surface area contributed by atoms with E-state index >= 15 is 0 Å². The molecule has 0 radical (unpaired) electrons. The van der Waals surface area contributed by atoms with E-state index in [0.29, 0.717) is 30.8 Å². The van der Waals surface area contributed by atoms with Crippen LogP contribution in [0.5, 0.6) is 0 Å². The van der Waals surface area contributed by atoms with Gasteiger partial charge in [-0.05, 0) is 41.8 Å². The molecule has 1 aliphatic rings. The van der Waals surface area contributed by atoms with Crippen molar-refractivity contribution in [3.05, 3.63) is 54.1 Å². The van der Waals surface area contributed by atoms with Gasteiger partial charge in [0.1, 0.15) is 5.82 Å². The Morgan fingerprint density at radius 1 is 1.04 bits per heavy atom. The number of anilines is 1. The highest BCUT2D eigenvalue weighted by atomic mass is 32.2. The molecule has 144 valence electrons. The highest BCUT2D eigenvalue weighted by molar-refractivity contribution is 7.91. The van der Waals surface area contributed by atoms with E-state index in [9.17, 15) is 21.2 Å². The molecule has 0 saturated carbocycles. The summed E-state index contributed by atoms with van der Waals surface area (Å²) in [6.45, 7) is 0.940. The fourth-order valence-electron chi connectivity index (χ4n) is 3.02. The third-order valence-electron chi connectivity index (χ3n) is 4.38. The SMILES string of the molecule is CS(=O)(=O)c1ccc(N2CC=C(c3cncc(F)c3)CC2)c(S(C)(=O)=O)c1. The van der Waals surface area contributed by atoms with Crippen LogP contribution in [-0.4, -0.2) is 47.4 Å². The van der Waals surface area contributed by atoms with Gasteiger partial charge >= 0.3 is 0 Å². The molecule has 6 nitrogen and oxygen atoms in total. The number of nitrogens with zero attached hydrogens (tertiary/aromatic N) is 2. The summed E-state index contributed by atoms with van der Waals surface area (Å²) < 4.78 is 61.3. The van der Waals surface area contributed by atoms with Crippen molar-refractivity contribution in [2.24, 2.45) is 0 Å². The Morgan fingerprint density at radius 2 is 1.78 bits per heavy atom. The van der Waals surface area contributed by atoms with Crippen LogP contribution in [0.15, 0.2) is 52.5 Å². The Hall–Kier alpha value is -2.26. The van der Waals surface area contributed by atoms with Crippen LogP contribution >= 0.6 is 0 Å². The summed E-state index contributed by atoms with van der Waals surface area (Å²) in [5.74, 6) is -0.411. The minimum absolute atomic E-state index is 0.0188. The van der Waals surface area contributed by atoms with Crippen LogP contribution in [0.25, 0.3) is 5.57 Å². The number of hydrogen-bond acceptors (Lipinski definition) is 6. The van der Waals surface area contributed by atoms with E-state index in [-0.39, 0.29) is 9.79 Å². The van der Waals surface area contributed by atoms with E-state index in [4.69, 9.17) is 0 Å². The minimum Gasteiger partial charge on any atom is -0.366 e. The summed E-state index contributed by atoms with van der Waals surface area (Å²) in [6, 6.07) is 5.55. The molecule has 0 atom stereocenters. The Bertz CT molecular complexity index is 1130. The second-order valence-corrected chi connectivity index (χ2v) is 10.5. The number of sulfone groups is 2. The quantitative estimate of drug-likeness (QED) is 0.769. The van der Waals surface area contributed by atoms with Gasteiger partial charge in [-0.3, -0.25) is 4.98 Å². The maximum atomic E-state index is 13.4. The van der Waals surface area contributed by atoms with E-state index in [1.165, 1.54) is 24.3 Å². The molecule has 0 N–H and O–H groups in total. The first-order chi connectivity index (χ1) is 12.6. The standard InChI is InChI=1S/C18H19FN2O4S2/c1-26(22,23)16-3-4-17(18(10-16)27(2,24)25)21-7-5-13(6-8-21)14-9-15(19)12-20-11-14/h3-5,9-12H,6-8H2,1-2H3. The third-order valence-corrected chi connectivity index (χ3v) is 6.62. The molecule has 0 saturated heterocycles. The van der Waals surface area contributed by atoms with Crippen LogP contribution in [0, 0.1) is 5.82 Å². The number of aromatic nitrogens is 1. The summed E-state index contributed by atoms with van der Waals surface area (Å²) in [7, 11) is -7.14. The van der Waals surface area contributed by atoms with Crippen molar-refractivity contribution in [3.8, 4) is 0 Å². The zero-order chi connectivity index (χ0) is 19.8. The molecule has 0 amide bonds. The van der Waals surface area contributed by atoms with Gasteiger partial charge in [0.05, 0.1) is 21.7 Å². The number of hydrogen-bond donors (Lipinski definition) is 0. The molecule has 0 fully saturated rings. The molecule has 2 heterocycles. The summed E-state index contributed by atoms with van der Waals surface area (Å²) >= 11 is 0. The van der Waals surface area contributed by atoms with Crippen molar-refractivity contribution in [3.63, 3.8) is 0 Å². The third kappa shape index (κ3) is 4.36. The highest BCUT2D eigenvalue weighted by Gasteiger charge is 2.23. The van der Waals surface area contributed by atoms with Crippen molar-refractivity contribution in [1.29, 1.82) is 0 Å². The lowest BCUT2D eigenvalue weighted by Gasteiger charge is -2.30. The highest BCUT2D eigenvalue weighted by Crippen LogP contribution is 2.31. The molecule has 2 aromatic rings. The molecule has 0 aliphatic carbocycles. The Labute approximate surface area is 158 Å². The summed E-state index contributed by atoms with van der Waals surface area (Å²) in [5.41, 5.74) is 2.09. The average molecular weight is 410 g/mol. The van der Waals surface area contributed by atoms with Gasteiger partial charge in [0.2, 0.25) is 0 Å². The minimum atomic E-state index is -3.62. The number of rotatable bonds is 4. The predicted octanol–water partition coefficient (Wildman–Crippen LogP) is 2.32. The van der Waals surface area contributed by atoms with Gasteiger partial charge in [0.15, 0.2) is 19.7 Å². The van der Waals surface area contributed by atoms with Crippen LogP contribution in [0.1, 0.15) is 12.0 Å². The normalized spacial score (nSPS) is 15.5. The molecule has 1 aromatic heterocycles. The van der Waals surface area contributed by atoms with Gasteiger partial charge in [-0.15, -0.1) is 0 Å². The molecule has 1 aromatic carbocycles. The zero-order valence-electron chi connectivity index (χ0n) is 14.9. The topological polar surface area (TPSA) is 84.4 Å². The van der Waals surface area contributed by atoms with Crippen molar-refractivity contribution in [2.45, 2.75) is 16.2 Å². The summed E-state index contributed by atoms with van der Waals surface area (Å²) in [4.78, 5) is 5.65. The molecular weight excluding hydrogens is 391 g/mol. The summed E-state index contributed by atoms with van der Waals surface area (Å²) in [6.07, 6.45) is 7.31. The van der Waals surface area contributed by atoms with Gasteiger partial charge in [-0.2, -0.15) is 0 Å². The molecule has 3 rings (SSSR count). The van der Waals surface area contributed by atoms with Crippen LogP contribution in [-0.2, 0) is 19.7 Å². The van der Waals surface area contributed by atoms with Crippen LogP contribution in [0.3, 0.4) is 0 Å². The van der Waals surface area contributed by atoms with E-state index in [1.807, 2.05) is 11.0 Å². The lowest BCUT2D eigenvalue weighted by molar-refractivity contribution is 0.599. The number of benzene rings is 1. The zero-order valence-corrected chi connectivity index (χ0v) is 16.5. The molecular formula is C18H19FN2O4S2. The van der Waals surface area contributed by atoms with E-state index in [0.717, 1.165) is 24.3 Å². The Morgan fingerprint density at radius 3 is 2.33 bits per heavy atom. The molecule has 1 aliphatic heterocycles. The molecule has 27 heavy (non-hydrogen) atoms.